The van der Waals surface area contributed by atoms with Crippen LogP contribution >= 0.6 is 15.9 Å². The number of amides is 1. The van der Waals surface area contributed by atoms with Crippen LogP contribution in [-0.2, 0) is 6.18 Å². The summed E-state index contributed by atoms with van der Waals surface area (Å²) in [5.74, 6) is -0.404. The molecule has 130 valence electrons. The second kappa shape index (κ2) is 6.03. The monoisotopic (exact) mass is 414 g/mol. The van der Waals surface area contributed by atoms with E-state index >= 15 is 0 Å². The van der Waals surface area contributed by atoms with Gasteiger partial charge in [-0.2, -0.15) is 18.3 Å². The fourth-order valence-electron chi connectivity index (χ4n) is 2.26. The van der Waals surface area contributed by atoms with Crippen LogP contribution < -0.4 is 10.5 Å². The van der Waals surface area contributed by atoms with Crippen LogP contribution in [0.5, 0.6) is 5.75 Å². The number of halogens is 4. The molecule has 0 fully saturated rings. The first kappa shape index (κ1) is 17.2. The first-order valence-electron chi connectivity index (χ1n) is 6.83. The Morgan fingerprint density at radius 1 is 1.28 bits per heavy atom. The summed E-state index contributed by atoms with van der Waals surface area (Å²) in [5.41, 5.74) is 4.11. The van der Waals surface area contributed by atoms with Crippen molar-refractivity contribution in [3.8, 4) is 17.0 Å². The van der Waals surface area contributed by atoms with Crippen molar-refractivity contribution in [1.29, 1.82) is 0 Å². The Hall–Kier alpha value is -2.62. The molecule has 2 aromatic heterocycles. The fourth-order valence-corrected chi connectivity index (χ4v) is 2.79. The van der Waals surface area contributed by atoms with Crippen LogP contribution in [0.15, 0.2) is 34.8 Å². The van der Waals surface area contributed by atoms with E-state index in [4.69, 9.17) is 10.5 Å². The van der Waals surface area contributed by atoms with E-state index in [9.17, 15) is 18.0 Å². The second-order valence-electron chi connectivity index (χ2n) is 5.02. The Kier molecular flexibility index (Phi) is 4.15. The van der Waals surface area contributed by atoms with E-state index in [2.05, 4.69) is 26.0 Å². The highest BCUT2D eigenvalue weighted by Gasteiger charge is 2.36. The van der Waals surface area contributed by atoms with Gasteiger partial charge in [-0.15, -0.1) is 0 Å². The molecule has 0 unspecified atom stereocenters. The molecule has 0 radical (unpaired) electrons. The lowest BCUT2D eigenvalue weighted by Crippen LogP contribution is -2.15. The fraction of sp³-hybridized carbons (Fsp3) is 0.133. The minimum atomic E-state index is -4.71. The highest BCUT2D eigenvalue weighted by Crippen LogP contribution is 2.34. The molecule has 3 rings (SSSR count). The van der Waals surface area contributed by atoms with E-state index in [1.807, 2.05) is 0 Å². The van der Waals surface area contributed by atoms with Gasteiger partial charge in [0.15, 0.2) is 17.0 Å². The van der Waals surface area contributed by atoms with Gasteiger partial charge in [-0.1, -0.05) is 0 Å². The lowest BCUT2D eigenvalue weighted by Gasteiger charge is -2.11. The van der Waals surface area contributed by atoms with Crippen LogP contribution in [0, 0.1) is 0 Å². The average molecular weight is 415 g/mol. The third kappa shape index (κ3) is 3.04. The normalized spacial score (nSPS) is 11.7. The maximum atomic E-state index is 13.4. The number of primary amides is 1. The maximum Gasteiger partial charge on any atom is 0.433 e. The van der Waals surface area contributed by atoms with Gasteiger partial charge in [0.2, 0.25) is 0 Å². The summed E-state index contributed by atoms with van der Waals surface area (Å²) < 4.78 is 45.9. The van der Waals surface area contributed by atoms with E-state index in [-0.39, 0.29) is 21.5 Å². The standard InChI is InChI=1S/C15H10BrF3N4O2/c1-25-8-4-2-7(3-5-8)9-6-10(15(17,18)19)23-14(21-9)11(16)12(22-23)13(20)24/h2-6H,1H3,(H2,20,24). The number of fused-ring (bicyclic) bond motifs is 1. The number of nitrogens with two attached hydrogens (primary N) is 1. The molecule has 2 N–H and O–H groups in total. The molecule has 2 heterocycles. The number of carbonyl (C=O) groups is 1. The molecule has 0 bridgehead atoms. The Morgan fingerprint density at radius 2 is 1.92 bits per heavy atom. The Bertz CT molecular complexity index is 968. The number of aromatic nitrogens is 3. The van der Waals surface area contributed by atoms with Crippen LogP contribution in [0.25, 0.3) is 16.9 Å². The summed E-state index contributed by atoms with van der Waals surface area (Å²) in [6.45, 7) is 0. The van der Waals surface area contributed by atoms with Crippen molar-refractivity contribution in [3.05, 3.63) is 46.2 Å². The number of hydrogen-bond donors (Lipinski definition) is 1. The predicted octanol–water partition coefficient (Wildman–Crippen LogP) is 3.29. The van der Waals surface area contributed by atoms with Crippen molar-refractivity contribution in [2.75, 3.05) is 7.11 Å². The summed E-state index contributed by atoms with van der Waals surface area (Å²) >= 11 is 3.05. The van der Waals surface area contributed by atoms with Crippen LogP contribution in [0.1, 0.15) is 16.2 Å². The van der Waals surface area contributed by atoms with Gasteiger partial charge in [-0.3, -0.25) is 4.79 Å². The highest BCUT2D eigenvalue weighted by molar-refractivity contribution is 9.10. The zero-order valence-electron chi connectivity index (χ0n) is 12.6. The molecule has 0 saturated heterocycles. The third-order valence-electron chi connectivity index (χ3n) is 3.44. The van der Waals surface area contributed by atoms with Gasteiger partial charge >= 0.3 is 6.18 Å². The topological polar surface area (TPSA) is 82.5 Å². The van der Waals surface area contributed by atoms with Gasteiger partial charge < -0.3 is 10.5 Å². The highest BCUT2D eigenvalue weighted by atomic mass is 79.9. The van der Waals surface area contributed by atoms with Gasteiger partial charge in [-0.05, 0) is 46.3 Å². The summed E-state index contributed by atoms with van der Waals surface area (Å²) in [6.07, 6.45) is -4.71. The molecule has 0 aliphatic rings. The SMILES string of the molecule is COc1ccc(-c2cc(C(F)(F)F)n3nc(C(N)=O)c(Br)c3n2)cc1. The zero-order chi connectivity index (χ0) is 18.4. The lowest BCUT2D eigenvalue weighted by molar-refractivity contribution is -0.142. The van der Waals surface area contributed by atoms with Crippen molar-refractivity contribution < 1.29 is 22.7 Å². The molecule has 0 aliphatic carbocycles. The number of benzene rings is 1. The number of nitrogens with zero attached hydrogens (tertiary/aromatic N) is 3. The number of alkyl halides is 3. The van der Waals surface area contributed by atoms with E-state index < -0.39 is 17.8 Å². The summed E-state index contributed by atoms with van der Waals surface area (Å²) in [5, 5.41) is 3.63. The molecule has 25 heavy (non-hydrogen) atoms. The molecule has 0 saturated carbocycles. The molecule has 1 aromatic carbocycles. The molecule has 0 aliphatic heterocycles. The largest absolute Gasteiger partial charge is 0.497 e. The van der Waals surface area contributed by atoms with Crippen LogP contribution in [0.4, 0.5) is 13.2 Å². The Morgan fingerprint density at radius 3 is 2.44 bits per heavy atom. The number of ether oxygens (including phenoxy) is 1. The predicted molar refractivity (Wildman–Crippen MR) is 86.2 cm³/mol. The second-order valence-corrected chi connectivity index (χ2v) is 5.81. The quantitative estimate of drug-likeness (QED) is 0.712. The van der Waals surface area contributed by atoms with Crippen LogP contribution in [0.2, 0.25) is 0 Å². The zero-order valence-corrected chi connectivity index (χ0v) is 14.2. The lowest BCUT2D eigenvalue weighted by atomic mass is 10.1. The maximum absolute atomic E-state index is 13.4. The molecule has 0 atom stereocenters. The minimum absolute atomic E-state index is 0.000798. The van der Waals surface area contributed by atoms with Crippen molar-refractivity contribution >= 4 is 27.5 Å². The molecule has 6 nitrogen and oxygen atoms in total. The smallest absolute Gasteiger partial charge is 0.433 e. The Balaban J connectivity index is 2.30. The van der Waals surface area contributed by atoms with E-state index in [0.717, 1.165) is 6.07 Å². The van der Waals surface area contributed by atoms with Crippen molar-refractivity contribution in [1.82, 2.24) is 14.6 Å². The van der Waals surface area contributed by atoms with Gasteiger partial charge in [-0.25, -0.2) is 9.50 Å². The van der Waals surface area contributed by atoms with Gasteiger partial charge in [0.05, 0.1) is 17.3 Å². The van der Waals surface area contributed by atoms with E-state index in [1.54, 1.807) is 24.3 Å². The molecular formula is C15H10BrF3N4O2. The Labute approximate surface area is 147 Å². The number of carbonyl (C=O) groups excluding carboxylic acids is 1. The molecule has 1 amide bonds. The first-order chi connectivity index (χ1) is 11.7. The molecular weight excluding hydrogens is 405 g/mol. The van der Waals surface area contributed by atoms with E-state index in [0.29, 0.717) is 15.8 Å². The summed E-state index contributed by atoms with van der Waals surface area (Å²) in [4.78, 5) is 15.6. The summed E-state index contributed by atoms with van der Waals surface area (Å²) in [6, 6.07) is 7.23. The number of methoxy groups -OCH3 is 1. The minimum Gasteiger partial charge on any atom is -0.497 e. The number of hydrogen-bond acceptors (Lipinski definition) is 4. The van der Waals surface area contributed by atoms with Crippen LogP contribution in [0.3, 0.4) is 0 Å². The number of rotatable bonds is 3. The summed E-state index contributed by atoms with van der Waals surface area (Å²) in [7, 11) is 1.48. The average Bonchev–Trinajstić information content (AvgIpc) is 2.90. The van der Waals surface area contributed by atoms with Crippen molar-refractivity contribution in [3.63, 3.8) is 0 Å². The van der Waals surface area contributed by atoms with Gasteiger partial charge in [0, 0.05) is 5.56 Å². The van der Waals surface area contributed by atoms with Crippen LogP contribution in [-0.4, -0.2) is 27.6 Å². The molecule has 0 spiro atoms. The van der Waals surface area contributed by atoms with Gasteiger partial charge in [0.1, 0.15) is 5.75 Å². The van der Waals surface area contributed by atoms with Crippen molar-refractivity contribution in [2.45, 2.75) is 6.18 Å². The molecule has 10 heteroatoms. The molecule has 3 aromatic rings. The van der Waals surface area contributed by atoms with Crippen molar-refractivity contribution in [2.24, 2.45) is 5.73 Å². The third-order valence-corrected chi connectivity index (χ3v) is 4.17. The van der Waals surface area contributed by atoms with Gasteiger partial charge in [0.25, 0.3) is 5.91 Å². The first-order valence-corrected chi connectivity index (χ1v) is 7.62. The van der Waals surface area contributed by atoms with E-state index in [1.165, 1.54) is 7.11 Å².